The van der Waals surface area contributed by atoms with Crippen LogP contribution in [-0.2, 0) is 0 Å². The highest BCUT2D eigenvalue weighted by Crippen LogP contribution is 2.44. The van der Waals surface area contributed by atoms with E-state index < -0.39 is 0 Å². The maximum absolute atomic E-state index is 2.42. The fourth-order valence-electron chi connectivity index (χ4n) is 8.94. The molecule has 0 unspecified atom stereocenters. The first kappa shape index (κ1) is 35.2. The minimum atomic E-state index is 1.10. The summed E-state index contributed by atoms with van der Waals surface area (Å²) in [5.74, 6) is 0. The molecule has 0 radical (unpaired) electrons. The van der Waals surface area contributed by atoms with Crippen molar-refractivity contribution in [2.24, 2.45) is 0 Å². The Hall–Kier alpha value is -7.94. The second kappa shape index (κ2) is 15.1. The zero-order chi connectivity index (χ0) is 39.8. The van der Waals surface area contributed by atoms with Crippen molar-refractivity contribution in [3.8, 4) is 50.2 Å². The number of para-hydroxylation sites is 4. The Balaban J connectivity index is 0.966. The summed E-state index contributed by atoms with van der Waals surface area (Å²) in [6.07, 6.45) is 0. The maximum atomic E-state index is 2.42. The van der Waals surface area contributed by atoms with Gasteiger partial charge in [0.25, 0.3) is 0 Å². The molecule has 0 aliphatic rings. The van der Waals surface area contributed by atoms with Crippen molar-refractivity contribution in [3.05, 3.63) is 243 Å². The highest BCUT2D eigenvalue weighted by Gasteiger charge is 2.20. The second-order valence-corrected chi connectivity index (χ2v) is 15.3. The largest absolute Gasteiger partial charge is 0.309 e. The molecular formula is C58H40N2. The number of anilines is 3. The third-order valence-corrected chi connectivity index (χ3v) is 11.8. The predicted octanol–water partition coefficient (Wildman–Crippen LogP) is 16.1. The van der Waals surface area contributed by atoms with Crippen LogP contribution < -0.4 is 4.90 Å². The van der Waals surface area contributed by atoms with Gasteiger partial charge < -0.3 is 9.47 Å². The highest BCUT2D eigenvalue weighted by molar-refractivity contribution is 6.10. The van der Waals surface area contributed by atoms with Crippen LogP contribution in [0.1, 0.15) is 0 Å². The van der Waals surface area contributed by atoms with Crippen LogP contribution in [0.2, 0.25) is 0 Å². The highest BCUT2D eigenvalue weighted by atomic mass is 15.1. The monoisotopic (exact) mass is 764 g/mol. The van der Waals surface area contributed by atoms with E-state index in [-0.39, 0.29) is 0 Å². The third-order valence-electron chi connectivity index (χ3n) is 11.8. The fourth-order valence-corrected chi connectivity index (χ4v) is 8.94. The molecule has 0 amide bonds. The van der Waals surface area contributed by atoms with Gasteiger partial charge in [-0.25, -0.2) is 0 Å². The average Bonchev–Trinajstić information content (AvgIpc) is 3.67. The van der Waals surface area contributed by atoms with E-state index in [1.807, 2.05) is 0 Å². The van der Waals surface area contributed by atoms with Gasteiger partial charge in [-0.3, -0.25) is 0 Å². The van der Waals surface area contributed by atoms with Crippen LogP contribution in [0.15, 0.2) is 243 Å². The van der Waals surface area contributed by atoms with Crippen molar-refractivity contribution in [2.45, 2.75) is 0 Å². The van der Waals surface area contributed by atoms with Crippen LogP contribution >= 0.6 is 0 Å². The first-order valence-corrected chi connectivity index (χ1v) is 20.6. The second-order valence-electron chi connectivity index (χ2n) is 15.3. The molecule has 0 bridgehead atoms. The van der Waals surface area contributed by atoms with E-state index in [9.17, 15) is 0 Å². The van der Waals surface area contributed by atoms with Crippen LogP contribution in [0, 0.1) is 0 Å². The molecule has 2 nitrogen and oxygen atoms in total. The number of rotatable bonds is 8. The Morgan fingerprint density at radius 2 is 0.700 bits per heavy atom. The van der Waals surface area contributed by atoms with E-state index in [1.54, 1.807) is 0 Å². The zero-order valence-electron chi connectivity index (χ0n) is 33.0. The van der Waals surface area contributed by atoms with Crippen LogP contribution in [0.4, 0.5) is 17.1 Å². The summed E-state index contributed by atoms with van der Waals surface area (Å²) < 4.78 is 2.41. The molecule has 0 aliphatic heterocycles. The molecule has 0 N–H and O–H groups in total. The van der Waals surface area contributed by atoms with E-state index in [2.05, 4.69) is 252 Å². The molecule has 1 heterocycles. The smallest absolute Gasteiger partial charge is 0.0541 e. The predicted molar refractivity (Wildman–Crippen MR) is 255 cm³/mol. The molecule has 11 rings (SSSR count). The van der Waals surface area contributed by atoms with Gasteiger partial charge in [0, 0.05) is 33.0 Å². The number of nitrogens with zero attached hydrogens (tertiary/aromatic N) is 2. The van der Waals surface area contributed by atoms with Gasteiger partial charge in [-0.2, -0.15) is 0 Å². The average molecular weight is 765 g/mol. The van der Waals surface area contributed by atoms with E-state index in [1.165, 1.54) is 82.8 Å². The van der Waals surface area contributed by atoms with Crippen LogP contribution in [0.5, 0.6) is 0 Å². The lowest BCUT2D eigenvalue weighted by Crippen LogP contribution is -2.11. The molecule has 0 atom stereocenters. The SMILES string of the molecule is c1ccc(-c2ccc(-c3ccccc3N(c3ccc(-c4ccc(-c5ccccc5-n5c6ccccc6c6ccccc65)cc4)cc3)c3cccc4ccccc34)cc2)cc1. The summed E-state index contributed by atoms with van der Waals surface area (Å²) in [4.78, 5) is 2.42. The number of fused-ring (bicyclic) bond motifs is 4. The van der Waals surface area contributed by atoms with Crippen LogP contribution in [0.3, 0.4) is 0 Å². The van der Waals surface area contributed by atoms with E-state index in [4.69, 9.17) is 0 Å². The van der Waals surface area contributed by atoms with Crippen molar-refractivity contribution in [1.29, 1.82) is 0 Å². The molecule has 11 aromatic rings. The molecule has 0 fully saturated rings. The Kier molecular flexibility index (Phi) is 8.87. The van der Waals surface area contributed by atoms with Gasteiger partial charge in [-0.05, 0) is 81.2 Å². The molecular weight excluding hydrogens is 725 g/mol. The van der Waals surface area contributed by atoms with Gasteiger partial charge in [-0.1, -0.05) is 200 Å². The van der Waals surface area contributed by atoms with Crippen molar-refractivity contribution < 1.29 is 0 Å². The molecule has 10 aromatic carbocycles. The Bertz CT molecular complexity index is 3230. The number of benzene rings is 10. The van der Waals surface area contributed by atoms with Crippen molar-refractivity contribution >= 4 is 49.6 Å². The van der Waals surface area contributed by atoms with Crippen LogP contribution in [0.25, 0.3) is 82.8 Å². The summed E-state index contributed by atoms with van der Waals surface area (Å²) in [6, 6.07) is 87.8. The van der Waals surface area contributed by atoms with E-state index in [0.717, 1.165) is 17.1 Å². The lowest BCUT2D eigenvalue weighted by atomic mass is 9.97. The van der Waals surface area contributed by atoms with Gasteiger partial charge in [0.2, 0.25) is 0 Å². The van der Waals surface area contributed by atoms with Gasteiger partial charge in [0.15, 0.2) is 0 Å². The van der Waals surface area contributed by atoms with Crippen LogP contribution in [-0.4, -0.2) is 4.57 Å². The standard InChI is InChI=1S/C58H40N2/c1-2-15-41(16-3-1)42-29-33-46(34-30-42)50-20-6-10-24-54(50)59(55-28-14-18-45-17-4-5-19-49(45)55)48-39-37-44(38-40-48)43-31-35-47(36-32-43)51-21-7-11-25-56(51)60-57-26-12-8-22-52(57)53-23-9-13-27-58(53)60/h1-40H. The van der Waals surface area contributed by atoms with E-state index >= 15 is 0 Å². The lowest BCUT2D eigenvalue weighted by molar-refractivity contribution is 1.18. The van der Waals surface area contributed by atoms with Crippen molar-refractivity contribution in [3.63, 3.8) is 0 Å². The Morgan fingerprint density at radius 3 is 1.37 bits per heavy atom. The number of hydrogen-bond donors (Lipinski definition) is 0. The minimum Gasteiger partial charge on any atom is -0.309 e. The summed E-state index contributed by atoms with van der Waals surface area (Å²) >= 11 is 0. The molecule has 282 valence electrons. The number of aromatic nitrogens is 1. The van der Waals surface area contributed by atoms with Gasteiger partial charge >= 0.3 is 0 Å². The molecule has 0 saturated carbocycles. The Morgan fingerprint density at radius 1 is 0.267 bits per heavy atom. The maximum Gasteiger partial charge on any atom is 0.0541 e. The van der Waals surface area contributed by atoms with Crippen molar-refractivity contribution in [1.82, 2.24) is 4.57 Å². The van der Waals surface area contributed by atoms with E-state index in [0.29, 0.717) is 0 Å². The minimum absolute atomic E-state index is 1.10. The summed E-state index contributed by atoms with van der Waals surface area (Å²) in [7, 11) is 0. The molecule has 0 aliphatic carbocycles. The number of hydrogen-bond acceptors (Lipinski definition) is 1. The van der Waals surface area contributed by atoms with Gasteiger partial charge in [-0.15, -0.1) is 0 Å². The molecule has 1 aromatic heterocycles. The Labute approximate surface area is 350 Å². The lowest BCUT2D eigenvalue weighted by Gasteiger charge is -2.29. The van der Waals surface area contributed by atoms with Crippen molar-refractivity contribution in [2.75, 3.05) is 4.90 Å². The summed E-state index contributed by atoms with van der Waals surface area (Å²) in [6.45, 7) is 0. The molecule has 0 saturated heterocycles. The quantitative estimate of drug-likeness (QED) is 0.150. The molecule has 2 heteroatoms. The zero-order valence-corrected chi connectivity index (χ0v) is 33.0. The normalized spacial score (nSPS) is 11.3. The molecule has 60 heavy (non-hydrogen) atoms. The summed E-state index contributed by atoms with van der Waals surface area (Å²) in [5.41, 5.74) is 16.5. The van der Waals surface area contributed by atoms with Gasteiger partial charge in [0.05, 0.1) is 28.1 Å². The fraction of sp³-hybridized carbons (Fsp3) is 0. The first-order valence-electron chi connectivity index (χ1n) is 20.6. The summed E-state index contributed by atoms with van der Waals surface area (Å²) in [5, 5.41) is 4.94. The molecule has 0 spiro atoms. The third kappa shape index (κ3) is 6.23. The van der Waals surface area contributed by atoms with Gasteiger partial charge in [0.1, 0.15) is 0 Å². The first-order chi connectivity index (χ1) is 29.8. The topological polar surface area (TPSA) is 8.17 Å².